The molecule has 1 amide bonds. The third-order valence-electron chi connectivity index (χ3n) is 4.89. The lowest BCUT2D eigenvalue weighted by Gasteiger charge is -2.26. The average molecular weight is 355 g/mol. The Labute approximate surface area is 150 Å². The molecule has 0 saturated heterocycles. The number of carbonyl (C=O) groups excluding carboxylic acids is 1. The van der Waals surface area contributed by atoms with Crippen LogP contribution in [0.5, 0.6) is 0 Å². The summed E-state index contributed by atoms with van der Waals surface area (Å²) in [4.78, 5) is 15.2. The first-order valence-corrected chi connectivity index (χ1v) is 9.20. The van der Waals surface area contributed by atoms with Crippen LogP contribution in [0, 0.1) is 6.92 Å². The van der Waals surface area contributed by atoms with E-state index in [-0.39, 0.29) is 0 Å². The number of rotatable bonds is 3. The van der Waals surface area contributed by atoms with E-state index in [0.717, 1.165) is 26.1 Å². The molecule has 0 unspecified atom stereocenters. The Kier molecular flexibility index (Phi) is 4.11. The Morgan fingerprint density at radius 3 is 2.80 bits per heavy atom. The maximum atomic E-state index is 11.5. The first-order chi connectivity index (χ1) is 12.1. The molecule has 1 aromatic carbocycles. The lowest BCUT2D eigenvalue weighted by molar-refractivity contribution is 0.0706. The number of hydroxylamine groups is 1. The van der Waals surface area contributed by atoms with Gasteiger partial charge in [0.15, 0.2) is 0 Å². The normalized spacial score (nSPS) is 14.7. The van der Waals surface area contributed by atoms with Gasteiger partial charge in [-0.2, -0.15) is 0 Å². The molecule has 0 bridgehead atoms. The second kappa shape index (κ2) is 6.29. The second-order valence-electron chi connectivity index (χ2n) is 6.71. The molecule has 2 aromatic heterocycles. The number of thiophene rings is 1. The lowest BCUT2D eigenvalue weighted by Crippen LogP contribution is -2.31. The van der Waals surface area contributed by atoms with Crippen LogP contribution in [0.2, 0.25) is 0 Å². The number of nitrogens with one attached hydrogen (secondary N) is 1. The number of fused-ring (bicyclic) bond motifs is 3. The first-order valence-electron chi connectivity index (χ1n) is 8.39. The third-order valence-corrected chi connectivity index (χ3v) is 5.99. The first kappa shape index (κ1) is 16.3. The second-order valence-corrected chi connectivity index (χ2v) is 7.97. The fraction of sp³-hybridized carbons (Fsp3) is 0.316. The van der Waals surface area contributed by atoms with Crippen LogP contribution in [-0.2, 0) is 19.5 Å². The zero-order valence-corrected chi connectivity index (χ0v) is 15.2. The number of carbonyl (C=O) groups is 1. The summed E-state index contributed by atoms with van der Waals surface area (Å²) in [6.07, 6.45) is 1.93. The highest BCUT2D eigenvalue weighted by Crippen LogP contribution is 2.36. The lowest BCUT2D eigenvalue weighted by atomic mass is 10.0. The predicted octanol–water partition coefficient (Wildman–Crippen LogP) is 3.17. The number of hydrogen-bond donors (Lipinski definition) is 2. The summed E-state index contributed by atoms with van der Waals surface area (Å²) in [7, 11) is 2.17. The van der Waals surface area contributed by atoms with E-state index in [9.17, 15) is 4.79 Å². The van der Waals surface area contributed by atoms with Crippen molar-refractivity contribution in [3.8, 4) is 0 Å². The van der Waals surface area contributed by atoms with Gasteiger partial charge in [0, 0.05) is 35.5 Å². The van der Waals surface area contributed by atoms with E-state index in [1.807, 2.05) is 23.5 Å². The van der Waals surface area contributed by atoms with Crippen molar-refractivity contribution >= 4 is 27.5 Å². The van der Waals surface area contributed by atoms with Crippen molar-refractivity contribution in [3.05, 3.63) is 57.6 Å². The third kappa shape index (κ3) is 2.86. The molecule has 1 aliphatic rings. The van der Waals surface area contributed by atoms with Gasteiger partial charge in [0.2, 0.25) is 0 Å². The van der Waals surface area contributed by atoms with Crippen LogP contribution in [0.15, 0.2) is 30.3 Å². The van der Waals surface area contributed by atoms with E-state index in [0.29, 0.717) is 5.56 Å². The van der Waals surface area contributed by atoms with E-state index in [2.05, 4.69) is 29.5 Å². The summed E-state index contributed by atoms with van der Waals surface area (Å²) in [5.74, 6) is -0.480. The average Bonchev–Trinajstić information content (AvgIpc) is 3.12. The number of nitrogens with zero attached hydrogens (tertiary/aromatic N) is 2. The molecule has 5 nitrogen and oxygen atoms in total. The minimum absolute atomic E-state index is 0.462. The molecule has 0 fully saturated rings. The summed E-state index contributed by atoms with van der Waals surface area (Å²) in [6, 6.07) is 9.74. The fourth-order valence-electron chi connectivity index (χ4n) is 3.64. The minimum atomic E-state index is -0.480. The van der Waals surface area contributed by atoms with Crippen LogP contribution in [-0.4, -0.2) is 34.2 Å². The molecular formula is C19H21N3O2S. The molecule has 0 aliphatic carbocycles. The highest BCUT2D eigenvalue weighted by Gasteiger charge is 2.23. The molecule has 4 rings (SSSR count). The Balaban J connectivity index is 1.73. The number of aryl methyl sites for hydroxylation is 1. The van der Waals surface area contributed by atoms with Gasteiger partial charge >= 0.3 is 0 Å². The Bertz CT molecular complexity index is 940. The van der Waals surface area contributed by atoms with Crippen LogP contribution in [0.4, 0.5) is 0 Å². The van der Waals surface area contributed by atoms with E-state index >= 15 is 0 Å². The van der Waals surface area contributed by atoms with Crippen molar-refractivity contribution in [3.63, 3.8) is 0 Å². The quantitative estimate of drug-likeness (QED) is 0.560. The van der Waals surface area contributed by atoms with E-state index in [1.165, 1.54) is 31.9 Å². The van der Waals surface area contributed by atoms with Crippen LogP contribution in [0.25, 0.3) is 10.2 Å². The van der Waals surface area contributed by atoms with Crippen molar-refractivity contribution in [2.24, 2.45) is 0 Å². The topological polar surface area (TPSA) is 57.5 Å². The highest BCUT2D eigenvalue weighted by atomic mass is 32.1. The van der Waals surface area contributed by atoms with Gasteiger partial charge in [-0.1, -0.05) is 12.1 Å². The molecule has 2 N–H and O–H groups in total. The summed E-state index contributed by atoms with van der Waals surface area (Å²) in [6.45, 7) is 4.19. The summed E-state index contributed by atoms with van der Waals surface area (Å²) in [5, 5.41) is 8.73. The molecule has 0 saturated carbocycles. The molecule has 3 heterocycles. The van der Waals surface area contributed by atoms with E-state index in [4.69, 9.17) is 5.21 Å². The molecule has 130 valence electrons. The van der Waals surface area contributed by atoms with Gasteiger partial charge in [0.25, 0.3) is 5.91 Å². The molecule has 0 radical (unpaired) electrons. The van der Waals surface area contributed by atoms with Gasteiger partial charge in [-0.25, -0.2) is 5.48 Å². The zero-order valence-electron chi connectivity index (χ0n) is 14.4. The monoisotopic (exact) mass is 355 g/mol. The predicted molar refractivity (Wildman–Crippen MR) is 99.4 cm³/mol. The number of benzene rings is 1. The smallest absolute Gasteiger partial charge is 0.274 e. The van der Waals surface area contributed by atoms with Crippen molar-refractivity contribution in [2.75, 3.05) is 13.6 Å². The van der Waals surface area contributed by atoms with Crippen LogP contribution >= 0.6 is 11.3 Å². The highest BCUT2D eigenvalue weighted by molar-refractivity contribution is 7.19. The van der Waals surface area contributed by atoms with Gasteiger partial charge in [-0.15, -0.1) is 11.3 Å². The van der Waals surface area contributed by atoms with Gasteiger partial charge in [0.1, 0.15) is 0 Å². The fourth-order valence-corrected chi connectivity index (χ4v) is 4.72. The van der Waals surface area contributed by atoms with Crippen LogP contribution in [0.3, 0.4) is 0 Å². The van der Waals surface area contributed by atoms with Crippen molar-refractivity contribution < 1.29 is 10.0 Å². The number of aromatic nitrogens is 1. The Morgan fingerprint density at radius 2 is 2.08 bits per heavy atom. The van der Waals surface area contributed by atoms with Crippen molar-refractivity contribution in [1.82, 2.24) is 14.9 Å². The largest absolute Gasteiger partial charge is 0.330 e. The molecule has 6 heteroatoms. The molecule has 3 aromatic rings. The van der Waals surface area contributed by atoms with Gasteiger partial charge in [-0.05, 0) is 43.3 Å². The van der Waals surface area contributed by atoms with E-state index < -0.39 is 5.91 Å². The maximum Gasteiger partial charge on any atom is 0.274 e. The van der Waals surface area contributed by atoms with Crippen molar-refractivity contribution in [1.29, 1.82) is 0 Å². The number of amides is 1. The zero-order chi connectivity index (χ0) is 17.6. The van der Waals surface area contributed by atoms with Gasteiger partial charge < -0.3 is 4.57 Å². The molecule has 0 spiro atoms. The maximum absolute atomic E-state index is 11.5. The van der Waals surface area contributed by atoms with E-state index in [1.54, 1.807) is 17.6 Å². The summed E-state index contributed by atoms with van der Waals surface area (Å²) < 4.78 is 3.84. The minimum Gasteiger partial charge on any atom is -0.330 e. The summed E-state index contributed by atoms with van der Waals surface area (Å²) >= 11 is 1.87. The van der Waals surface area contributed by atoms with Crippen LogP contribution in [0.1, 0.15) is 32.1 Å². The van der Waals surface area contributed by atoms with Crippen molar-refractivity contribution in [2.45, 2.75) is 26.4 Å². The Morgan fingerprint density at radius 1 is 1.32 bits per heavy atom. The molecule has 1 aliphatic heterocycles. The van der Waals surface area contributed by atoms with Crippen LogP contribution < -0.4 is 5.48 Å². The van der Waals surface area contributed by atoms with Gasteiger partial charge in [-0.3, -0.25) is 14.9 Å². The summed E-state index contributed by atoms with van der Waals surface area (Å²) in [5.41, 5.74) is 7.51. The standard InChI is InChI=1S/C19H21N3O2S/c1-12-9-17-18(25-12)15(16-7-8-21(2)11-22(16)17)10-13-3-5-14(6-4-13)19(23)20-24/h3-6,9,24H,7-8,10-11H2,1-2H3,(H,20,23). The molecular weight excluding hydrogens is 334 g/mol. The molecule has 0 atom stereocenters. The number of hydrogen-bond acceptors (Lipinski definition) is 4. The van der Waals surface area contributed by atoms with Gasteiger partial charge in [0.05, 0.1) is 16.9 Å². The SMILES string of the molecule is Cc1cc2c(s1)c(Cc1ccc(C(=O)NO)cc1)c1n2CN(C)CC1. The molecule has 25 heavy (non-hydrogen) atoms. The Hall–Kier alpha value is -2.15. The number of likely N-dealkylation sites (N-methyl/N-ethyl adjacent to an activating group) is 1.